The molecule has 2 rings (SSSR count). The number of piperidine rings is 1. The number of likely N-dealkylation sites (tertiary alicyclic amines) is 1. The van der Waals surface area contributed by atoms with Crippen LogP contribution in [0.1, 0.15) is 26.7 Å². The topological polar surface area (TPSA) is 15.3 Å². The summed E-state index contributed by atoms with van der Waals surface area (Å²) >= 11 is 12.2. The lowest BCUT2D eigenvalue weighted by molar-refractivity contribution is 0.198. The van der Waals surface area contributed by atoms with Crippen LogP contribution >= 0.6 is 23.2 Å². The summed E-state index contributed by atoms with van der Waals surface area (Å²) in [6.45, 7) is 8.07. The molecule has 4 heteroatoms. The third-order valence-electron chi connectivity index (χ3n) is 3.52. The molecular formula is C15H22Cl2N2. The van der Waals surface area contributed by atoms with Gasteiger partial charge in [-0.05, 0) is 30.9 Å². The Bertz CT molecular complexity index is 413. The van der Waals surface area contributed by atoms with Crippen molar-refractivity contribution in [3.8, 4) is 0 Å². The zero-order valence-corrected chi connectivity index (χ0v) is 13.1. The first-order valence-electron chi connectivity index (χ1n) is 6.99. The van der Waals surface area contributed by atoms with Gasteiger partial charge in [-0.25, -0.2) is 0 Å². The first kappa shape index (κ1) is 15.0. The summed E-state index contributed by atoms with van der Waals surface area (Å²) in [6.07, 6.45) is 2.32. The van der Waals surface area contributed by atoms with E-state index in [1.807, 2.05) is 18.2 Å². The van der Waals surface area contributed by atoms with Gasteiger partial charge in [0.2, 0.25) is 0 Å². The van der Waals surface area contributed by atoms with Crippen LogP contribution in [-0.4, -0.2) is 30.6 Å². The molecule has 1 N–H and O–H groups in total. The van der Waals surface area contributed by atoms with Gasteiger partial charge in [-0.1, -0.05) is 43.1 Å². The van der Waals surface area contributed by atoms with Crippen molar-refractivity contribution in [3.05, 3.63) is 28.2 Å². The fourth-order valence-electron chi connectivity index (χ4n) is 2.61. The molecule has 0 aliphatic carbocycles. The summed E-state index contributed by atoms with van der Waals surface area (Å²) in [6, 6.07) is 6.25. The van der Waals surface area contributed by atoms with E-state index >= 15 is 0 Å². The molecule has 0 unspecified atom stereocenters. The third-order valence-corrected chi connectivity index (χ3v) is 4.34. The number of halogens is 2. The van der Waals surface area contributed by atoms with Gasteiger partial charge in [0.25, 0.3) is 0 Å². The Balaban J connectivity index is 1.87. The number of hydrogen-bond acceptors (Lipinski definition) is 2. The van der Waals surface area contributed by atoms with Crippen LogP contribution in [0.15, 0.2) is 18.2 Å². The van der Waals surface area contributed by atoms with Crippen LogP contribution in [0, 0.1) is 5.92 Å². The average molecular weight is 301 g/mol. The van der Waals surface area contributed by atoms with Crippen molar-refractivity contribution in [2.75, 3.05) is 25.0 Å². The van der Waals surface area contributed by atoms with E-state index in [1.165, 1.54) is 6.54 Å². The maximum atomic E-state index is 6.21. The number of nitrogens with one attached hydrogen (secondary N) is 1. The van der Waals surface area contributed by atoms with Gasteiger partial charge in [-0.15, -0.1) is 0 Å². The number of nitrogens with zero attached hydrogens (tertiary/aromatic N) is 1. The van der Waals surface area contributed by atoms with E-state index in [4.69, 9.17) is 23.2 Å². The summed E-state index contributed by atoms with van der Waals surface area (Å²) < 4.78 is 0. The molecule has 0 saturated carbocycles. The minimum absolute atomic E-state index is 0.499. The Labute approximate surface area is 126 Å². The number of hydrogen-bond donors (Lipinski definition) is 1. The molecule has 0 atom stereocenters. The van der Waals surface area contributed by atoms with Crippen LogP contribution in [0.5, 0.6) is 0 Å². The standard InChI is InChI=1S/C15H22Cl2N2/c1-11(2)10-19-8-6-12(7-9-19)18-14-5-3-4-13(16)15(14)17/h3-5,11-12,18H,6-10H2,1-2H3. The number of anilines is 1. The third kappa shape index (κ3) is 4.27. The largest absolute Gasteiger partial charge is 0.381 e. The molecule has 0 radical (unpaired) electrons. The van der Waals surface area contributed by atoms with Crippen LogP contribution < -0.4 is 5.32 Å². The van der Waals surface area contributed by atoms with E-state index in [0.717, 1.165) is 37.5 Å². The van der Waals surface area contributed by atoms with Crippen LogP contribution in [0.4, 0.5) is 5.69 Å². The fraction of sp³-hybridized carbons (Fsp3) is 0.600. The highest BCUT2D eigenvalue weighted by atomic mass is 35.5. The Hall–Kier alpha value is -0.440. The maximum Gasteiger partial charge on any atom is 0.0823 e. The lowest BCUT2D eigenvalue weighted by atomic mass is 10.0. The molecule has 19 heavy (non-hydrogen) atoms. The van der Waals surface area contributed by atoms with Crippen LogP contribution in [0.2, 0.25) is 10.0 Å². The molecule has 0 spiro atoms. The van der Waals surface area contributed by atoms with E-state index in [1.54, 1.807) is 0 Å². The van der Waals surface area contributed by atoms with Crippen molar-refractivity contribution in [2.45, 2.75) is 32.7 Å². The summed E-state index contributed by atoms with van der Waals surface area (Å²) in [7, 11) is 0. The van der Waals surface area contributed by atoms with Gasteiger partial charge in [0.05, 0.1) is 15.7 Å². The molecule has 1 aliphatic heterocycles. The predicted octanol–water partition coefficient (Wildman–Crippen LogP) is 4.53. The Kier molecular flexibility index (Phi) is 5.37. The van der Waals surface area contributed by atoms with Crippen molar-refractivity contribution in [2.24, 2.45) is 5.92 Å². The van der Waals surface area contributed by atoms with Crippen LogP contribution in [0.3, 0.4) is 0 Å². The second-order valence-corrected chi connectivity index (χ2v) is 6.50. The Morgan fingerprint density at radius 1 is 1.26 bits per heavy atom. The summed E-state index contributed by atoms with van der Waals surface area (Å²) in [5.41, 5.74) is 0.955. The molecule has 106 valence electrons. The van der Waals surface area contributed by atoms with Gasteiger partial charge in [-0.2, -0.15) is 0 Å². The van der Waals surface area contributed by atoms with E-state index in [2.05, 4.69) is 24.1 Å². The van der Waals surface area contributed by atoms with Crippen molar-refractivity contribution < 1.29 is 0 Å². The SMILES string of the molecule is CC(C)CN1CCC(Nc2cccc(Cl)c2Cl)CC1. The fourth-order valence-corrected chi connectivity index (χ4v) is 2.97. The second kappa shape index (κ2) is 6.83. The van der Waals surface area contributed by atoms with Crippen molar-refractivity contribution in [1.29, 1.82) is 0 Å². The summed E-state index contributed by atoms with van der Waals surface area (Å²) in [5, 5.41) is 4.77. The Morgan fingerprint density at radius 3 is 2.58 bits per heavy atom. The van der Waals surface area contributed by atoms with E-state index < -0.39 is 0 Å². The van der Waals surface area contributed by atoms with E-state index in [-0.39, 0.29) is 0 Å². The second-order valence-electron chi connectivity index (χ2n) is 5.71. The zero-order chi connectivity index (χ0) is 13.8. The van der Waals surface area contributed by atoms with Gasteiger partial charge >= 0.3 is 0 Å². The van der Waals surface area contributed by atoms with Crippen LogP contribution in [0.25, 0.3) is 0 Å². The molecule has 1 aromatic rings. The molecular weight excluding hydrogens is 279 g/mol. The molecule has 1 saturated heterocycles. The first-order valence-corrected chi connectivity index (χ1v) is 7.74. The van der Waals surface area contributed by atoms with Crippen molar-refractivity contribution >= 4 is 28.9 Å². The number of rotatable bonds is 4. The molecule has 1 aliphatic rings. The number of benzene rings is 1. The minimum atomic E-state index is 0.499. The first-order chi connectivity index (χ1) is 9.06. The molecule has 0 aromatic heterocycles. The van der Waals surface area contributed by atoms with Crippen LogP contribution in [-0.2, 0) is 0 Å². The molecule has 0 amide bonds. The Morgan fingerprint density at radius 2 is 1.95 bits per heavy atom. The lowest BCUT2D eigenvalue weighted by Gasteiger charge is -2.34. The summed E-state index contributed by atoms with van der Waals surface area (Å²) in [5.74, 6) is 0.742. The predicted molar refractivity (Wildman–Crippen MR) is 84.4 cm³/mol. The van der Waals surface area contributed by atoms with E-state index in [0.29, 0.717) is 16.1 Å². The molecule has 2 nitrogen and oxygen atoms in total. The smallest absolute Gasteiger partial charge is 0.0823 e. The molecule has 1 aromatic carbocycles. The van der Waals surface area contributed by atoms with Gasteiger partial charge < -0.3 is 10.2 Å². The van der Waals surface area contributed by atoms with Gasteiger partial charge in [-0.3, -0.25) is 0 Å². The maximum absolute atomic E-state index is 6.21. The van der Waals surface area contributed by atoms with Gasteiger partial charge in [0.15, 0.2) is 0 Å². The highest BCUT2D eigenvalue weighted by molar-refractivity contribution is 6.43. The monoisotopic (exact) mass is 300 g/mol. The molecule has 0 bridgehead atoms. The van der Waals surface area contributed by atoms with Gasteiger partial charge in [0, 0.05) is 25.7 Å². The van der Waals surface area contributed by atoms with E-state index in [9.17, 15) is 0 Å². The van der Waals surface area contributed by atoms with Gasteiger partial charge in [0.1, 0.15) is 0 Å². The highest BCUT2D eigenvalue weighted by Gasteiger charge is 2.20. The minimum Gasteiger partial charge on any atom is -0.381 e. The van der Waals surface area contributed by atoms with Crippen molar-refractivity contribution in [3.63, 3.8) is 0 Å². The molecule has 1 heterocycles. The lowest BCUT2D eigenvalue weighted by Crippen LogP contribution is -2.40. The summed E-state index contributed by atoms with van der Waals surface area (Å²) in [4.78, 5) is 2.54. The van der Waals surface area contributed by atoms with Crippen molar-refractivity contribution in [1.82, 2.24) is 4.90 Å². The average Bonchev–Trinajstić information content (AvgIpc) is 2.37. The highest BCUT2D eigenvalue weighted by Crippen LogP contribution is 2.31. The zero-order valence-electron chi connectivity index (χ0n) is 11.6. The normalized spacial score (nSPS) is 17.9. The quantitative estimate of drug-likeness (QED) is 0.879. The molecule has 1 fully saturated rings.